The van der Waals surface area contributed by atoms with Crippen LogP contribution < -0.4 is 0 Å². The summed E-state index contributed by atoms with van der Waals surface area (Å²) in [6.45, 7) is 4.42. The van der Waals surface area contributed by atoms with Gasteiger partial charge in [-0.2, -0.15) is 0 Å². The molecule has 54 valence electrons. The third kappa shape index (κ3) is 0.739. The molecule has 2 aliphatic heterocycles. The molecule has 2 atom stereocenters. The van der Waals surface area contributed by atoms with Crippen LogP contribution in [0.25, 0.3) is 0 Å². The molecule has 2 aliphatic rings. The van der Waals surface area contributed by atoms with Gasteiger partial charge in [0.2, 0.25) is 0 Å². The Bertz CT molecular complexity index is 201. The molecule has 0 spiro atoms. The molecule has 1 heteroatoms. The summed E-state index contributed by atoms with van der Waals surface area (Å²) < 4.78 is 5.54. The molecule has 0 fully saturated rings. The van der Waals surface area contributed by atoms with Gasteiger partial charge >= 0.3 is 0 Å². The Balaban J connectivity index is 2.21. The summed E-state index contributed by atoms with van der Waals surface area (Å²) in [7, 11) is 0. The molecule has 2 heterocycles. The average molecular weight is 136 g/mol. The van der Waals surface area contributed by atoms with Crippen LogP contribution in [0.2, 0.25) is 0 Å². The lowest BCUT2D eigenvalue weighted by Gasteiger charge is -2.11. The van der Waals surface area contributed by atoms with Crippen molar-refractivity contribution in [2.45, 2.75) is 26.1 Å². The van der Waals surface area contributed by atoms with Crippen molar-refractivity contribution >= 4 is 0 Å². The Morgan fingerprint density at radius 2 is 2.20 bits per heavy atom. The van der Waals surface area contributed by atoms with Crippen LogP contribution in [0.3, 0.4) is 0 Å². The van der Waals surface area contributed by atoms with Crippen LogP contribution >= 0.6 is 0 Å². The van der Waals surface area contributed by atoms with E-state index in [1.165, 1.54) is 5.57 Å². The first kappa shape index (κ1) is 6.17. The first-order chi connectivity index (χ1) is 4.77. The Labute approximate surface area is 61.4 Å². The molecule has 0 aromatic carbocycles. The smallest absolute Gasteiger partial charge is 0.0983 e. The van der Waals surface area contributed by atoms with E-state index >= 15 is 0 Å². The van der Waals surface area contributed by atoms with Gasteiger partial charge in [0.25, 0.3) is 0 Å². The Kier molecular flexibility index (Phi) is 1.21. The zero-order valence-corrected chi connectivity index (χ0v) is 6.37. The minimum absolute atomic E-state index is 0.294. The van der Waals surface area contributed by atoms with Gasteiger partial charge in [-0.15, -0.1) is 0 Å². The SMILES string of the molecule is CC(C)C1=CC2C=CC1O2. The van der Waals surface area contributed by atoms with Gasteiger partial charge in [0.05, 0.1) is 12.2 Å². The van der Waals surface area contributed by atoms with E-state index in [-0.39, 0.29) is 0 Å². The van der Waals surface area contributed by atoms with E-state index in [1.807, 2.05) is 0 Å². The maximum atomic E-state index is 5.54. The van der Waals surface area contributed by atoms with Gasteiger partial charge in [0, 0.05) is 0 Å². The van der Waals surface area contributed by atoms with E-state index in [0.29, 0.717) is 18.1 Å². The second-order valence-electron chi connectivity index (χ2n) is 3.23. The fourth-order valence-electron chi connectivity index (χ4n) is 1.56. The van der Waals surface area contributed by atoms with E-state index in [0.717, 1.165) is 0 Å². The summed E-state index contributed by atoms with van der Waals surface area (Å²) >= 11 is 0. The third-order valence-electron chi connectivity index (χ3n) is 2.13. The maximum absolute atomic E-state index is 5.54. The molecular weight excluding hydrogens is 124 g/mol. The Hall–Kier alpha value is -0.560. The number of hydrogen-bond acceptors (Lipinski definition) is 1. The van der Waals surface area contributed by atoms with Crippen molar-refractivity contribution < 1.29 is 4.74 Å². The second kappa shape index (κ2) is 1.96. The van der Waals surface area contributed by atoms with Crippen LogP contribution in [-0.2, 0) is 4.74 Å². The van der Waals surface area contributed by atoms with E-state index in [1.54, 1.807) is 0 Å². The number of hydrogen-bond donors (Lipinski definition) is 0. The highest BCUT2D eigenvalue weighted by atomic mass is 16.5. The first-order valence-corrected chi connectivity index (χ1v) is 3.83. The van der Waals surface area contributed by atoms with Gasteiger partial charge in [-0.3, -0.25) is 0 Å². The monoisotopic (exact) mass is 136 g/mol. The largest absolute Gasteiger partial charge is 0.358 e. The fraction of sp³-hybridized carbons (Fsp3) is 0.556. The summed E-state index contributed by atoms with van der Waals surface area (Å²) in [5, 5.41) is 0. The van der Waals surface area contributed by atoms with Crippen LogP contribution in [0.15, 0.2) is 23.8 Å². The topological polar surface area (TPSA) is 9.23 Å². The lowest BCUT2D eigenvalue weighted by molar-refractivity contribution is 0.128. The highest BCUT2D eigenvalue weighted by Gasteiger charge is 2.29. The number of ether oxygens (including phenoxy) is 1. The Morgan fingerprint density at radius 1 is 1.40 bits per heavy atom. The first-order valence-electron chi connectivity index (χ1n) is 3.83. The predicted octanol–water partition coefficient (Wildman–Crippen LogP) is 1.91. The summed E-state index contributed by atoms with van der Waals surface area (Å²) in [6.07, 6.45) is 7.11. The molecule has 0 saturated carbocycles. The minimum Gasteiger partial charge on any atom is -0.358 e. The van der Waals surface area contributed by atoms with Crippen LogP contribution in [-0.4, -0.2) is 12.2 Å². The van der Waals surface area contributed by atoms with Crippen molar-refractivity contribution in [2.75, 3.05) is 0 Å². The zero-order chi connectivity index (χ0) is 7.14. The standard InChI is InChI=1S/C9H12O/c1-6(2)8-5-7-3-4-9(8)10-7/h3-7,9H,1-2H3. The molecule has 2 rings (SSSR count). The second-order valence-corrected chi connectivity index (χ2v) is 3.23. The van der Waals surface area contributed by atoms with Crippen molar-refractivity contribution in [3.63, 3.8) is 0 Å². The lowest BCUT2D eigenvalue weighted by atomic mass is 9.95. The van der Waals surface area contributed by atoms with Crippen molar-refractivity contribution in [3.05, 3.63) is 23.8 Å². The summed E-state index contributed by atoms with van der Waals surface area (Å²) in [4.78, 5) is 0. The van der Waals surface area contributed by atoms with E-state index in [9.17, 15) is 0 Å². The molecule has 2 bridgehead atoms. The molecule has 0 N–H and O–H groups in total. The minimum atomic E-state index is 0.294. The van der Waals surface area contributed by atoms with Gasteiger partial charge < -0.3 is 4.74 Å². The molecule has 10 heavy (non-hydrogen) atoms. The number of rotatable bonds is 1. The normalized spacial score (nSPS) is 35.7. The van der Waals surface area contributed by atoms with E-state index < -0.39 is 0 Å². The highest BCUT2D eigenvalue weighted by Crippen LogP contribution is 2.31. The van der Waals surface area contributed by atoms with Crippen LogP contribution in [0.5, 0.6) is 0 Å². The zero-order valence-electron chi connectivity index (χ0n) is 6.37. The molecular formula is C9H12O. The Morgan fingerprint density at radius 3 is 2.50 bits per heavy atom. The van der Waals surface area contributed by atoms with Gasteiger partial charge in [-0.05, 0) is 17.6 Å². The van der Waals surface area contributed by atoms with Gasteiger partial charge in [-0.1, -0.05) is 26.0 Å². The van der Waals surface area contributed by atoms with Crippen molar-refractivity contribution in [1.29, 1.82) is 0 Å². The van der Waals surface area contributed by atoms with Crippen molar-refractivity contribution in [1.82, 2.24) is 0 Å². The lowest BCUT2D eigenvalue weighted by Crippen LogP contribution is -2.08. The molecule has 0 radical (unpaired) electrons. The molecule has 0 amide bonds. The quantitative estimate of drug-likeness (QED) is 0.500. The van der Waals surface area contributed by atoms with Crippen LogP contribution in [0.1, 0.15) is 13.8 Å². The maximum Gasteiger partial charge on any atom is 0.0983 e. The molecule has 0 aromatic rings. The van der Waals surface area contributed by atoms with E-state index in [4.69, 9.17) is 4.74 Å². The number of fused-ring (bicyclic) bond motifs is 2. The van der Waals surface area contributed by atoms with Gasteiger partial charge in [-0.25, -0.2) is 0 Å². The molecule has 1 nitrogen and oxygen atoms in total. The molecule has 0 saturated heterocycles. The van der Waals surface area contributed by atoms with Crippen molar-refractivity contribution in [3.8, 4) is 0 Å². The summed E-state index contributed by atoms with van der Waals surface area (Å²) in [5.41, 5.74) is 1.45. The highest BCUT2D eigenvalue weighted by molar-refractivity contribution is 5.32. The van der Waals surface area contributed by atoms with Gasteiger partial charge in [0.1, 0.15) is 0 Å². The van der Waals surface area contributed by atoms with Gasteiger partial charge in [0.15, 0.2) is 0 Å². The predicted molar refractivity (Wildman–Crippen MR) is 40.7 cm³/mol. The van der Waals surface area contributed by atoms with Crippen LogP contribution in [0.4, 0.5) is 0 Å². The summed E-state index contributed by atoms with van der Waals surface area (Å²) in [6, 6.07) is 0. The van der Waals surface area contributed by atoms with Crippen molar-refractivity contribution in [2.24, 2.45) is 5.92 Å². The van der Waals surface area contributed by atoms with E-state index in [2.05, 4.69) is 32.1 Å². The van der Waals surface area contributed by atoms with Crippen LogP contribution in [0, 0.1) is 5.92 Å². The third-order valence-corrected chi connectivity index (χ3v) is 2.13. The molecule has 0 aliphatic carbocycles. The average Bonchev–Trinajstić information content (AvgIpc) is 2.44. The molecule has 0 aromatic heterocycles. The fourth-order valence-corrected chi connectivity index (χ4v) is 1.56. The summed E-state index contributed by atoms with van der Waals surface area (Å²) in [5.74, 6) is 0.639. The molecule has 2 unspecified atom stereocenters.